The third kappa shape index (κ3) is 3.36. The highest BCUT2D eigenvalue weighted by Gasteiger charge is 2.46. The number of nitrogens with one attached hydrogen (secondary N) is 1. The summed E-state index contributed by atoms with van der Waals surface area (Å²) in [5, 5.41) is 3.27. The molecule has 3 N–H and O–H groups in total. The van der Waals surface area contributed by atoms with Gasteiger partial charge in [0.1, 0.15) is 0 Å². The van der Waals surface area contributed by atoms with E-state index in [-0.39, 0.29) is 17.4 Å². The molecular weight excluding hydrogens is 334 g/mol. The summed E-state index contributed by atoms with van der Waals surface area (Å²) in [6.07, 6.45) is 10.9. The molecule has 0 aromatic heterocycles. The third-order valence-electron chi connectivity index (χ3n) is 5.91. The molecule has 1 aliphatic heterocycles. The lowest BCUT2D eigenvalue weighted by Crippen LogP contribution is -2.37. The average molecular weight is 361 g/mol. The van der Waals surface area contributed by atoms with Gasteiger partial charge in [-0.1, -0.05) is 38.1 Å². The minimum Gasteiger partial charge on any atom is -0.399 e. The summed E-state index contributed by atoms with van der Waals surface area (Å²) in [7, 11) is 0. The molecule has 140 valence electrons. The maximum atomic E-state index is 12.9. The number of fused-ring (bicyclic) bond motifs is 1. The number of amides is 1. The summed E-state index contributed by atoms with van der Waals surface area (Å²) in [6.45, 7) is 6.37. The predicted octanol–water partition coefficient (Wildman–Crippen LogP) is 4.18. The highest BCUT2D eigenvalue weighted by Crippen LogP contribution is 2.46. The number of allylic oxidation sites excluding steroid dienone is 4. The van der Waals surface area contributed by atoms with Gasteiger partial charge in [-0.2, -0.15) is 0 Å². The van der Waals surface area contributed by atoms with Crippen molar-refractivity contribution < 1.29 is 4.79 Å². The summed E-state index contributed by atoms with van der Waals surface area (Å²) >= 11 is 0. The van der Waals surface area contributed by atoms with Gasteiger partial charge < -0.3 is 11.1 Å². The van der Waals surface area contributed by atoms with Crippen LogP contribution in [0.25, 0.3) is 0 Å². The number of anilines is 1. The first-order valence-electron chi connectivity index (χ1n) is 9.73. The fraction of sp³-hybridized carbons (Fsp3) is 0.391. The zero-order valence-corrected chi connectivity index (χ0v) is 16.3. The number of rotatable bonds is 4. The van der Waals surface area contributed by atoms with Crippen LogP contribution in [0.3, 0.4) is 0 Å². The monoisotopic (exact) mass is 361 g/mol. The number of nitrogens with zero attached hydrogens (tertiary/aromatic N) is 1. The zero-order chi connectivity index (χ0) is 19.2. The molecule has 1 heterocycles. The lowest BCUT2D eigenvalue weighted by Gasteiger charge is -2.25. The Labute approximate surface area is 160 Å². The Morgan fingerprint density at radius 3 is 2.78 bits per heavy atom. The van der Waals surface area contributed by atoms with Gasteiger partial charge in [0.2, 0.25) is 5.91 Å². The van der Waals surface area contributed by atoms with Crippen molar-refractivity contribution in [3.8, 4) is 0 Å². The van der Waals surface area contributed by atoms with Crippen molar-refractivity contribution in [1.82, 2.24) is 5.32 Å². The van der Waals surface area contributed by atoms with Crippen LogP contribution in [-0.2, 0) is 10.3 Å². The van der Waals surface area contributed by atoms with Gasteiger partial charge >= 0.3 is 0 Å². The van der Waals surface area contributed by atoms with Crippen LogP contribution in [0.2, 0.25) is 0 Å². The molecule has 1 saturated carbocycles. The van der Waals surface area contributed by atoms with E-state index in [0.29, 0.717) is 12.3 Å². The van der Waals surface area contributed by atoms with Crippen LogP contribution in [0, 0.1) is 18.8 Å². The Balaban J connectivity index is 1.51. The highest BCUT2D eigenvalue weighted by molar-refractivity contribution is 6.04. The second-order valence-electron chi connectivity index (χ2n) is 8.28. The van der Waals surface area contributed by atoms with Crippen molar-refractivity contribution >= 4 is 17.3 Å². The van der Waals surface area contributed by atoms with Gasteiger partial charge in [0.25, 0.3) is 0 Å². The SMILES string of the molecule is Cc1cc(C2(NC(=O)C3=CN=C4C=C(C(C)C)C=CC4C3)CC2)ccc1N. The van der Waals surface area contributed by atoms with E-state index >= 15 is 0 Å². The van der Waals surface area contributed by atoms with Gasteiger partial charge in [0.15, 0.2) is 0 Å². The first-order valence-corrected chi connectivity index (χ1v) is 9.73. The van der Waals surface area contributed by atoms with Gasteiger partial charge in [-0.25, -0.2) is 0 Å². The fourth-order valence-corrected chi connectivity index (χ4v) is 3.79. The molecule has 1 fully saturated rings. The molecule has 4 nitrogen and oxygen atoms in total. The van der Waals surface area contributed by atoms with E-state index in [4.69, 9.17) is 5.73 Å². The summed E-state index contributed by atoms with van der Waals surface area (Å²) in [5.74, 6) is 0.681. The van der Waals surface area contributed by atoms with Crippen molar-refractivity contribution in [3.05, 3.63) is 64.9 Å². The molecule has 1 amide bonds. The molecular formula is C23H27N3O. The molecule has 0 saturated heterocycles. The van der Waals surface area contributed by atoms with Gasteiger partial charge in [-0.05, 0) is 60.9 Å². The fourth-order valence-electron chi connectivity index (χ4n) is 3.79. The van der Waals surface area contributed by atoms with E-state index in [0.717, 1.165) is 40.9 Å². The first kappa shape index (κ1) is 17.8. The van der Waals surface area contributed by atoms with Crippen molar-refractivity contribution in [1.29, 1.82) is 0 Å². The molecule has 4 heteroatoms. The summed E-state index contributed by atoms with van der Waals surface area (Å²) in [5.41, 5.74) is 11.8. The normalized spacial score (nSPS) is 22.5. The standard InChI is InChI=1S/C23H27N3O/c1-14(2)16-4-5-17-11-18(13-25-21(17)12-16)22(27)26-23(8-9-23)19-6-7-20(24)15(3)10-19/h4-7,10,12-14,17H,8-9,11,24H2,1-3H3,(H,26,27). The van der Waals surface area contributed by atoms with Gasteiger partial charge in [-0.15, -0.1) is 0 Å². The van der Waals surface area contributed by atoms with Crippen LogP contribution >= 0.6 is 0 Å². The smallest absolute Gasteiger partial charge is 0.249 e. The maximum Gasteiger partial charge on any atom is 0.249 e. The Morgan fingerprint density at radius 2 is 2.11 bits per heavy atom. The topological polar surface area (TPSA) is 67.5 Å². The lowest BCUT2D eigenvalue weighted by atomic mass is 9.84. The van der Waals surface area contributed by atoms with E-state index in [1.807, 2.05) is 19.1 Å². The minimum atomic E-state index is -0.243. The molecule has 3 aliphatic rings. The van der Waals surface area contributed by atoms with Crippen LogP contribution in [0.15, 0.2) is 58.8 Å². The second kappa shape index (κ2) is 6.52. The van der Waals surface area contributed by atoms with Crippen LogP contribution in [-0.4, -0.2) is 11.6 Å². The number of aryl methyl sites for hydroxylation is 1. The second-order valence-corrected chi connectivity index (χ2v) is 8.28. The van der Waals surface area contributed by atoms with Gasteiger partial charge in [-0.3, -0.25) is 9.79 Å². The van der Waals surface area contributed by atoms with Crippen molar-refractivity contribution in [2.24, 2.45) is 16.8 Å². The molecule has 0 bridgehead atoms. The number of hydrogen-bond donors (Lipinski definition) is 2. The Morgan fingerprint density at radius 1 is 1.33 bits per heavy atom. The molecule has 1 aromatic carbocycles. The average Bonchev–Trinajstić information content (AvgIpc) is 3.43. The number of carbonyl (C=O) groups is 1. The van der Waals surface area contributed by atoms with E-state index in [1.54, 1.807) is 6.20 Å². The van der Waals surface area contributed by atoms with E-state index in [9.17, 15) is 4.79 Å². The van der Waals surface area contributed by atoms with Crippen LogP contribution < -0.4 is 11.1 Å². The summed E-state index contributed by atoms with van der Waals surface area (Å²) in [6, 6.07) is 6.05. The predicted molar refractivity (Wildman–Crippen MR) is 110 cm³/mol. The van der Waals surface area contributed by atoms with E-state index < -0.39 is 0 Å². The van der Waals surface area contributed by atoms with Crippen LogP contribution in [0.4, 0.5) is 5.69 Å². The maximum absolute atomic E-state index is 12.9. The Bertz CT molecular complexity index is 914. The largest absolute Gasteiger partial charge is 0.399 e. The van der Waals surface area contributed by atoms with Gasteiger partial charge in [0.05, 0.1) is 5.54 Å². The molecule has 0 spiro atoms. The van der Waals surface area contributed by atoms with Crippen molar-refractivity contribution in [2.45, 2.75) is 45.6 Å². The number of aliphatic imine (C=N–C) groups is 1. The molecule has 1 atom stereocenters. The highest BCUT2D eigenvalue weighted by atomic mass is 16.2. The number of carbonyl (C=O) groups excluding carboxylic acids is 1. The number of hydrogen-bond acceptors (Lipinski definition) is 3. The zero-order valence-electron chi connectivity index (χ0n) is 16.3. The number of benzene rings is 1. The molecule has 1 aromatic rings. The third-order valence-corrected chi connectivity index (χ3v) is 5.91. The van der Waals surface area contributed by atoms with Crippen molar-refractivity contribution in [2.75, 3.05) is 5.73 Å². The molecule has 4 rings (SSSR count). The molecule has 2 aliphatic carbocycles. The van der Waals surface area contributed by atoms with Crippen molar-refractivity contribution in [3.63, 3.8) is 0 Å². The van der Waals surface area contributed by atoms with Crippen LogP contribution in [0.5, 0.6) is 0 Å². The quantitative estimate of drug-likeness (QED) is 0.790. The van der Waals surface area contributed by atoms with Crippen LogP contribution in [0.1, 0.15) is 44.2 Å². The minimum absolute atomic E-state index is 0.00295. The van der Waals surface area contributed by atoms with Gasteiger partial charge in [0, 0.05) is 29.1 Å². The first-order chi connectivity index (χ1) is 12.9. The number of nitrogens with two attached hydrogens (primary N) is 1. The lowest BCUT2D eigenvalue weighted by molar-refractivity contribution is -0.118. The summed E-state index contributed by atoms with van der Waals surface area (Å²) < 4.78 is 0. The molecule has 0 radical (unpaired) electrons. The van der Waals surface area contributed by atoms with E-state index in [1.165, 1.54) is 5.57 Å². The van der Waals surface area contributed by atoms with E-state index in [2.05, 4.69) is 48.5 Å². The Hall–Kier alpha value is -2.62. The Kier molecular flexibility index (Phi) is 4.29. The molecule has 27 heavy (non-hydrogen) atoms. The summed E-state index contributed by atoms with van der Waals surface area (Å²) in [4.78, 5) is 17.5. The molecule has 1 unspecified atom stereocenters. The number of nitrogen functional groups attached to an aromatic ring is 1.